The van der Waals surface area contributed by atoms with Crippen LogP contribution in [0.1, 0.15) is 63.0 Å². The number of benzene rings is 1. The Labute approximate surface area is 152 Å². The molecule has 3 rings (SSSR count). The van der Waals surface area contributed by atoms with Gasteiger partial charge in [0.05, 0.1) is 6.04 Å². The lowest BCUT2D eigenvalue weighted by atomic mass is 9.90. The minimum atomic E-state index is 0. The molecular formula is C20H31ClN2O. The van der Waals surface area contributed by atoms with Gasteiger partial charge in [0, 0.05) is 6.42 Å². The number of halogens is 1. The van der Waals surface area contributed by atoms with Crippen molar-refractivity contribution in [3.63, 3.8) is 0 Å². The second kappa shape index (κ2) is 10.0. The second-order valence-corrected chi connectivity index (χ2v) is 7.23. The van der Waals surface area contributed by atoms with Crippen LogP contribution in [0.3, 0.4) is 0 Å². The molecule has 1 saturated heterocycles. The highest BCUT2D eigenvalue weighted by molar-refractivity contribution is 5.85. The van der Waals surface area contributed by atoms with Gasteiger partial charge in [0.2, 0.25) is 5.91 Å². The number of carbonyl (C=O) groups excluding carboxylic acids is 1. The molecule has 134 valence electrons. The maximum Gasteiger partial charge on any atom is 0.220 e. The average molecular weight is 351 g/mol. The van der Waals surface area contributed by atoms with Gasteiger partial charge in [0.25, 0.3) is 0 Å². The van der Waals surface area contributed by atoms with Crippen LogP contribution in [0.5, 0.6) is 0 Å². The highest BCUT2D eigenvalue weighted by Crippen LogP contribution is 2.35. The molecule has 1 unspecified atom stereocenters. The van der Waals surface area contributed by atoms with Crippen molar-refractivity contribution in [2.75, 3.05) is 13.1 Å². The first-order chi connectivity index (χ1) is 11.3. The smallest absolute Gasteiger partial charge is 0.220 e. The molecule has 1 aliphatic carbocycles. The Morgan fingerprint density at radius 2 is 1.75 bits per heavy atom. The Morgan fingerprint density at radius 3 is 2.42 bits per heavy atom. The van der Waals surface area contributed by atoms with Crippen LogP contribution in [-0.4, -0.2) is 19.0 Å². The molecule has 2 N–H and O–H groups in total. The van der Waals surface area contributed by atoms with E-state index in [0.29, 0.717) is 12.3 Å². The molecule has 1 aromatic rings. The monoisotopic (exact) mass is 350 g/mol. The van der Waals surface area contributed by atoms with E-state index in [0.717, 1.165) is 25.4 Å². The zero-order chi connectivity index (χ0) is 15.9. The molecule has 4 heteroatoms. The molecule has 1 aromatic carbocycles. The van der Waals surface area contributed by atoms with Crippen molar-refractivity contribution in [3.8, 4) is 0 Å². The molecule has 1 amide bonds. The number of piperidine rings is 1. The summed E-state index contributed by atoms with van der Waals surface area (Å²) in [6.07, 6.45) is 9.26. The highest BCUT2D eigenvalue weighted by Gasteiger charge is 2.27. The third-order valence-corrected chi connectivity index (χ3v) is 5.58. The van der Waals surface area contributed by atoms with Gasteiger partial charge in [-0.1, -0.05) is 43.2 Å². The fraction of sp³-hybridized carbons (Fsp3) is 0.650. The fourth-order valence-electron chi connectivity index (χ4n) is 4.18. The predicted octanol–water partition coefficient (Wildman–Crippen LogP) is 4.24. The average Bonchev–Trinajstić information content (AvgIpc) is 3.14. The number of hydrogen-bond acceptors (Lipinski definition) is 2. The van der Waals surface area contributed by atoms with Crippen LogP contribution in [0.15, 0.2) is 30.3 Å². The Kier molecular flexibility index (Phi) is 8.07. The first-order valence-electron chi connectivity index (χ1n) is 9.38. The van der Waals surface area contributed by atoms with E-state index in [4.69, 9.17) is 0 Å². The van der Waals surface area contributed by atoms with Gasteiger partial charge in [-0.15, -0.1) is 12.4 Å². The van der Waals surface area contributed by atoms with E-state index in [1.54, 1.807) is 0 Å². The van der Waals surface area contributed by atoms with E-state index < -0.39 is 0 Å². The summed E-state index contributed by atoms with van der Waals surface area (Å²) in [6.45, 7) is 2.22. The minimum Gasteiger partial charge on any atom is -0.349 e. The molecule has 0 bridgehead atoms. The summed E-state index contributed by atoms with van der Waals surface area (Å²) in [7, 11) is 0. The molecule has 0 radical (unpaired) electrons. The summed E-state index contributed by atoms with van der Waals surface area (Å²) in [5, 5.41) is 6.75. The van der Waals surface area contributed by atoms with Gasteiger partial charge in [-0.05, 0) is 62.6 Å². The van der Waals surface area contributed by atoms with Gasteiger partial charge in [-0.3, -0.25) is 4.79 Å². The van der Waals surface area contributed by atoms with Crippen molar-refractivity contribution in [1.82, 2.24) is 10.6 Å². The molecule has 0 aromatic heterocycles. The number of hydrogen-bond donors (Lipinski definition) is 2. The zero-order valence-electron chi connectivity index (χ0n) is 14.5. The van der Waals surface area contributed by atoms with E-state index in [9.17, 15) is 4.79 Å². The molecule has 1 saturated carbocycles. The van der Waals surface area contributed by atoms with Crippen LogP contribution in [-0.2, 0) is 4.79 Å². The largest absolute Gasteiger partial charge is 0.349 e. The van der Waals surface area contributed by atoms with Crippen molar-refractivity contribution in [1.29, 1.82) is 0 Å². The number of nitrogens with one attached hydrogen (secondary N) is 2. The summed E-state index contributed by atoms with van der Waals surface area (Å²) in [6, 6.07) is 10.7. The van der Waals surface area contributed by atoms with E-state index >= 15 is 0 Å². The molecular weight excluding hydrogens is 320 g/mol. The molecule has 2 fully saturated rings. The van der Waals surface area contributed by atoms with E-state index in [-0.39, 0.29) is 24.4 Å². The summed E-state index contributed by atoms with van der Waals surface area (Å²) in [4.78, 5) is 12.5. The van der Waals surface area contributed by atoms with E-state index in [2.05, 4.69) is 34.9 Å². The predicted molar refractivity (Wildman–Crippen MR) is 101 cm³/mol. The first-order valence-corrected chi connectivity index (χ1v) is 9.38. The fourth-order valence-corrected chi connectivity index (χ4v) is 4.18. The molecule has 1 heterocycles. The molecule has 2 aliphatic rings. The normalized spacial score (nSPS) is 20.3. The van der Waals surface area contributed by atoms with Crippen molar-refractivity contribution < 1.29 is 4.79 Å². The summed E-state index contributed by atoms with van der Waals surface area (Å²) < 4.78 is 0. The summed E-state index contributed by atoms with van der Waals surface area (Å²) in [5.41, 5.74) is 1.27. The SMILES string of the molecule is Cl.O=C(CCC1CCNCC1)NC(c1ccccc1)C1CCCC1. The topological polar surface area (TPSA) is 41.1 Å². The molecule has 0 spiro atoms. The van der Waals surface area contributed by atoms with Gasteiger partial charge in [0.15, 0.2) is 0 Å². The summed E-state index contributed by atoms with van der Waals surface area (Å²) in [5.74, 6) is 1.58. The molecule has 1 aliphatic heterocycles. The quantitative estimate of drug-likeness (QED) is 0.805. The van der Waals surface area contributed by atoms with Gasteiger partial charge in [-0.2, -0.15) is 0 Å². The number of rotatable bonds is 6. The third-order valence-electron chi connectivity index (χ3n) is 5.58. The van der Waals surface area contributed by atoms with Crippen LogP contribution < -0.4 is 10.6 Å². The number of carbonyl (C=O) groups is 1. The number of amides is 1. The van der Waals surface area contributed by atoms with Crippen molar-refractivity contribution in [3.05, 3.63) is 35.9 Å². The Balaban J connectivity index is 0.00000208. The minimum absolute atomic E-state index is 0. The van der Waals surface area contributed by atoms with E-state index in [1.807, 2.05) is 6.07 Å². The van der Waals surface area contributed by atoms with Crippen molar-refractivity contribution in [2.45, 2.75) is 57.4 Å². The zero-order valence-corrected chi connectivity index (χ0v) is 15.3. The lowest BCUT2D eigenvalue weighted by molar-refractivity contribution is -0.122. The summed E-state index contributed by atoms with van der Waals surface area (Å²) >= 11 is 0. The van der Waals surface area contributed by atoms with Crippen LogP contribution >= 0.6 is 12.4 Å². The highest BCUT2D eigenvalue weighted by atomic mass is 35.5. The lowest BCUT2D eigenvalue weighted by Crippen LogP contribution is -2.33. The standard InChI is InChI=1S/C20H30N2O.ClH/c23-19(11-10-16-12-14-21-15-13-16)22-20(18-8-4-5-9-18)17-6-2-1-3-7-17;/h1-3,6-7,16,18,20-21H,4-5,8-15H2,(H,22,23);1H. The van der Waals surface area contributed by atoms with Gasteiger partial charge in [-0.25, -0.2) is 0 Å². The second-order valence-electron chi connectivity index (χ2n) is 7.23. The maximum absolute atomic E-state index is 12.5. The Hall–Kier alpha value is -1.06. The van der Waals surface area contributed by atoms with Crippen LogP contribution in [0, 0.1) is 11.8 Å². The van der Waals surface area contributed by atoms with Crippen molar-refractivity contribution in [2.24, 2.45) is 11.8 Å². The molecule has 24 heavy (non-hydrogen) atoms. The van der Waals surface area contributed by atoms with Gasteiger partial charge in [0.1, 0.15) is 0 Å². The molecule has 3 nitrogen and oxygen atoms in total. The van der Waals surface area contributed by atoms with Crippen LogP contribution in [0.25, 0.3) is 0 Å². The van der Waals surface area contributed by atoms with Crippen LogP contribution in [0.4, 0.5) is 0 Å². The Morgan fingerprint density at radius 1 is 1.08 bits per heavy atom. The third kappa shape index (κ3) is 5.49. The Bertz CT molecular complexity index is 482. The molecule has 1 atom stereocenters. The maximum atomic E-state index is 12.5. The first kappa shape index (κ1) is 19.3. The van der Waals surface area contributed by atoms with E-state index in [1.165, 1.54) is 44.1 Å². The van der Waals surface area contributed by atoms with Gasteiger partial charge >= 0.3 is 0 Å². The van der Waals surface area contributed by atoms with Gasteiger partial charge < -0.3 is 10.6 Å². The van der Waals surface area contributed by atoms with Crippen LogP contribution in [0.2, 0.25) is 0 Å². The van der Waals surface area contributed by atoms with Crippen molar-refractivity contribution >= 4 is 18.3 Å². The lowest BCUT2D eigenvalue weighted by Gasteiger charge is -2.26.